The van der Waals surface area contributed by atoms with Gasteiger partial charge in [0, 0.05) is 41.3 Å². The van der Waals surface area contributed by atoms with E-state index in [-0.39, 0.29) is 5.92 Å². The van der Waals surface area contributed by atoms with E-state index in [0.29, 0.717) is 37.8 Å². The van der Waals surface area contributed by atoms with Gasteiger partial charge < -0.3 is 10.6 Å². The van der Waals surface area contributed by atoms with Crippen molar-refractivity contribution in [3.05, 3.63) is 71.8 Å². The monoisotopic (exact) mass is 563 g/mol. The number of amides is 1. The van der Waals surface area contributed by atoms with Crippen LogP contribution in [0, 0.1) is 12.8 Å². The fourth-order valence-electron chi connectivity index (χ4n) is 3.86. The molecule has 0 radical (unpaired) electrons. The van der Waals surface area contributed by atoms with Crippen LogP contribution in [0.25, 0.3) is 22.2 Å². The molecule has 0 aliphatic heterocycles. The molecule has 0 saturated heterocycles. The highest BCUT2D eigenvalue weighted by molar-refractivity contribution is 7.83. The summed E-state index contributed by atoms with van der Waals surface area (Å²) < 4.78 is 52.8. The molecule has 0 bridgehead atoms. The van der Waals surface area contributed by atoms with E-state index in [2.05, 4.69) is 15.3 Å². The molecule has 4 rings (SSSR count). The Morgan fingerprint density at radius 2 is 1.84 bits per heavy atom. The Bertz CT molecular complexity index is 1490. The highest BCUT2D eigenvalue weighted by atomic mass is 35.5. The normalized spacial score (nSPS) is 13.5. The summed E-state index contributed by atoms with van der Waals surface area (Å²) in [6, 6.07) is 9.82. The van der Waals surface area contributed by atoms with Crippen molar-refractivity contribution in [2.24, 2.45) is 5.92 Å². The van der Waals surface area contributed by atoms with E-state index in [1.54, 1.807) is 54.5 Å². The van der Waals surface area contributed by atoms with Crippen molar-refractivity contribution in [1.29, 1.82) is 0 Å². The lowest BCUT2D eigenvalue weighted by Gasteiger charge is -2.23. The van der Waals surface area contributed by atoms with Crippen LogP contribution < -0.4 is 10.6 Å². The van der Waals surface area contributed by atoms with Gasteiger partial charge in [0.05, 0.1) is 15.6 Å². The maximum Gasteiger partial charge on any atom is 0.405 e. The third-order valence-electron chi connectivity index (χ3n) is 5.76. The fraction of sp³-hybridized carbons (Fsp3) is 0.269. The first-order chi connectivity index (χ1) is 17.9. The van der Waals surface area contributed by atoms with E-state index in [4.69, 9.17) is 11.6 Å². The van der Waals surface area contributed by atoms with Crippen molar-refractivity contribution in [1.82, 2.24) is 19.3 Å². The number of nitrogens with zero attached hydrogens (tertiary/aromatic N) is 3. The summed E-state index contributed by atoms with van der Waals surface area (Å²) in [7, 11) is -1.60. The number of aromatic nitrogens is 3. The van der Waals surface area contributed by atoms with Crippen LogP contribution >= 0.6 is 11.6 Å². The topological polar surface area (TPSA) is 88.9 Å². The molecule has 0 spiro atoms. The molecule has 38 heavy (non-hydrogen) atoms. The van der Waals surface area contributed by atoms with Crippen molar-refractivity contribution in [2.75, 3.05) is 11.9 Å². The zero-order valence-corrected chi connectivity index (χ0v) is 22.3. The van der Waals surface area contributed by atoms with Crippen LogP contribution in [0.1, 0.15) is 19.4 Å². The first-order valence-electron chi connectivity index (χ1n) is 11.6. The van der Waals surface area contributed by atoms with E-state index >= 15 is 0 Å². The second kappa shape index (κ2) is 11.1. The number of nitrogens with one attached hydrogen (secondary N) is 2. The van der Waals surface area contributed by atoms with Crippen molar-refractivity contribution < 1.29 is 22.2 Å². The molecule has 7 nitrogen and oxygen atoms in total. The second-order valence-corrected chi connectivity index (χ2v) is 10.9. The molecule has 3 heterocycles. The van der Waals surface area contributed by atoms with Gasteiger partial charge in [-0.15, -0.1) is 0 Å². The van der Waals surface area contributed by atoms with Crippen LogP contribution in [0.5, 0.6) is 0 Å². The van der Waals surface area contributed by atoms with Crippen molar-refractivity contribution in [3.8, 4) is 11.1 Å². The maximum absolute atomic E-state index is 13.4. The third kappa shape index (κ3) is 6.33. The number of hydrogen-bond acceptors (Lipinski definition) is 5. The van der Waals surface area contributed by atoms with Crippen LogP contribution in [0.3, 0.4) is 0 Å². The fourth-order valence-corrected chi connectivity index (χ4v) is 5.11. The zero-order valence-electron chi connectivity index (χ0n) is 20.7. The lowest BCUT2D eigenvalue weighted by atomic mass is 10.0. The van der Waals surface area contributed by atoms with Crippen LogP contribution in [0.2, 0.25) is 5.02 Å². The van der Waals surface area contributed by atoms with Crippen LogP contribution in [-0.4, -0.2) is 42.8 Å². The van der Waals surface area contributed by atoms with Gasteiger partial charge in [0.1, 0.15) is 12.6 Å². The van der Waals surface area contributed by atoms with Crippen LogP contribution in [-0.2, 0) is 15.8 Å². The molecule has 200 valence electrons. The Balaban J connectivity index is 1.70. The van der Waals surface area contributed by atoms with Crippen LogP contribution in [0.15, 0.2) is 66.1 Å². The van der Waals surface area contributed by atoms with Crippen LogP contribution in [0.4, 0.5) is 18.9 Å². The summed E-state index contributed by atoms with van der Waals surface area (Å²) in [6.07, 6.45) is 1.72. The number of rotatable bonds is 8. The van der Waals surface area contributed by atoms with Gasteiger partial charge in [-0.05, 0) is 37.1 Å². The highest BCUT2D eigenvalue weighted by Crippen LogP contribution is 2.33. The van der Waals surface area contributed by atoms with Gasteiger partial charge in [-0.1, -0.05) is 43.1 Å². The number of carbonyl (C=O) groups excluding carboxylic acids is 1. The van der Waals surface area contributed by atoms with E-state index < -0.39 is 35.7 Å². The Labute approximate surface area is 225 Å². The number of fused-ring (bicyclic) bond motifs is 1. The predicted octanol–water partition coefficient (Wildman–Crippen LogP) is 5.75. The molecule has 0 fully saturated rings. The molecule has 0 aliphatic carbocycles. The van der Waals surface area contributed by atoms with Crippen molar-refractivity contribution in [2.45, 2.75) is 37.9 Å². The molecular weight excluding hydrogens is 539 g/mol. The van der Waals surface area contributed by atoms with E-state index in [0.717, 1.165) is 5.56 Å². The van der Waals surface area contributed by atoms with E-state index in [1.807, 2.05) is 24.4 Å². The minimum Gasteiger partial charge on any atom is -0.372 e. The van der Waals surface area contributed by atoms with Gasteiger partial charge in [0.2, 0.25) is 5.91 Å². The largest absolute Gasteiger partial charge is 0.405 e. The first-order valence-corrected chi connectivity index (χ1v) is 13.1. The van der Waals surface area contributed by atoms with Gasteiger partial charge in [-0.25, -0.2) is 13.2 Å². The molecule has 2 N–H and O–H groups in total. The van der Waals surface area contributed by atoms with Gasteiger partial charge >= 0.3 is 6.18 Å². The first kappa shape index (κ1) is 27.6. The number of benzene rings is 1. The van der Waals surface area contributed by atoms with Crippen molar-refractivity contribution in [3.63, 3.8) is 0 Å². The Morgan fingerprint density at radius 3 is 2.50 bits per heavy atom. The SMILES string of the molecule is Cc1ccc(S(=O)n2cc(-c3cncc(NC(C(=O)NCC(F)(F)F)C(C)C)c3)c3cc(Cl)cnc32)cc1. The predicted molar refractivity (Wildman–Crippen MR) is 142 cm³/mol. The Kier molecular flexibility index (Phi) is 8.08. The summed E-state index contributed by atoms with van der Waals surface area (Å²) in [6.45, 7) is 3.98. The minimum atomic E-state index is -4.51. The summed E-state index contributed by atoms with van der Waals surface area (Å²) in [5.74, 6) is -1.09. The number of halogens is 4. The molecule has 12 heteroatoms. The zero-order chi connectivity index (χ0) is 27.6. The quantitative estimate of drug-likeness (QED) is 0.285. The van der Waals surface area contributed by atoms with Crippen molar-refractivity contribution >= 4 is 45.2 Å². The molecule has 1 aromatic carbocycles. The number of anilines is 1. The average Bonchev–Trinajstić information content (AvgIpc) is 3.24. The molecule has 0 aliphatic rings. The number of carbonyl (C=O) groups is 1. The standard InChI is InChI=1S/C26H25ClF3N5O2S/c1-15(2)23(25(36)33-14-26(28,29)30)34-19-8-17(10-31-12-19)22-13-35(24-21(22)9-18(27)11-32-24)38(37)20-6-4-16(3)5-7-20/h4-13,15,23,34H,14H2,1-3H3,(H,33,36). The summed E-state index contributed by atoms with van der Waals surface area (Å²) >= 11 is 6.23. The number of alkyl halides is 3. The van der Waals surface area contributed by atoms with Gasteiger partial charge in [0.15, 0.2) is 16.6 Å². The molecule has 2 atom stereocenters. The number of hydrogen-bond donors (Lipinski definition) is 2. The average molecular weight is 564 g/mol. The smallest absolute Gasteiger partial charge is 0.372 e. The molecule has 0 saturated carbocycles. The molecule has 4 aromatic rings. The second-order valence-electron chi connectivity index (χ2n) is 9.12. The molecule has 1 amide bonds. The summed E-state index contributed by atoms with van der Waals surface area (Å²) in [5, 5.41) is 5.95. The lowest BCUT2D eigenvalue weighted by molar-refractivity contribution is -0.139. The highest BCUT2D eigenvalue weighted by Gasteiger charge is 2.30. The van der Waals surface area contributed by atoms with Gasteiger partial charge in [0.25, 0.3) is 0 Å². The minimum absolute atomic E-state index is 0.311. The Morgan fingerprint density at radius 1 is 1.13 bits per heavy atom. The third-order valence-corrected chi connectivity index (χ3v) is 7.28. The molecular formula is C26H25ClF3N5O2S. The van der Waals surface area contributed by atoms with Gasteiger partial charge in [-0.2, -0.15) is 13.2 Å². The maximum atomic E-state index is 13.4. The van der Waals surface area contributed by atoms with Gasteiger partial charge in [-0.3, -0.25) is 9.78 Å². The molecule has 3 aromatic heterocycles. The summed E-state index contributed by atoms with van der Waals surface area (Å²) in [4.78, 5) is 21.7. The number of pyridine rings is 2. The van der Waals surface area contributed by atoms with E-state index in [1.165, 1.54) is 12.4 Å². The molecule has 2 unspecified atom stereocenters. The Hall–Kier alpha value is -3.44. The summed E-state index contributed by atoms with van der Waals surface area (Å²) in [5.41, 5.74) is 3.18. The van der Waals surface area contributed by atoms with E-state index in [9.17, 15) is 22.2 Å². The lowest BCUT2D eigenvalue weighted by Crippen LogP contribution is -2.46. The number of aryl methyl sites for hydroxylation is 1.